The summed E-state index contributed by atoms with van der Waals surface area (Å²) in [4.78, 5) is 0. The maximum absolute atomic E-state index is 2.47. The summed E-state index contributed by atoms with van der Waals surface area (Å²) in [5.74, 6) is 0. The van der Waals surface area contributed by atoms with Gasteiger partial charge in [-0.2, -0.15) is 0 Å². The summed E-state index contributed by atoms with van der Waals surface area (Å²) in [6, 6.07) is 13.9. The van der Waals surface area contributed by atoms with Crippen molar-refractivity contribution in [3.63, 3.8) is 0 Å². The Labute approximate surface area is 104 Å². The lowest BCUT2D eigenvalue weighted by Gasteiger charge is -2.19. The molecule has 1 aliphatic rings. The minimum Gasteiger partial charge on any atom is -0.0616 e. The van der Waals surface area contributed by atoms with E-state index < -0.39 is 8.07 Å². The third kappa shape index (κ3) is 1.42. The van der Waals surface area contributed by atoms with Gasteiger partial charge in [-0.3, -0.25) is 0 Å². The standard InChI is InChI=1S/C16H18Si/c1-11-5-7-13-14-8-6-12(2)10-16(14)17(3,4)15(13)9-11/h5-10H,1-4H3. The van der Waals surface area contributed by atoms with Gasteiger partial charge in [-0.1, -0.05) is 60.6 Å². The van der Waals surface area contributed by atoms with Crippen LogP contribution in [0.3, 0.4) is 0 Å². The highest BCUT2D eigenvalue weighted by Gasteiger charge is 2.37. The minimum atomic E-state index is -1.44. The predicted molar refractivity (Wildman–Crippen MR) is 78.1 cm³/mol. The van der Waals surface area contributed by atoms with E-state index in [1.54, 1.807) is 10.4 Å². The van der Waals surface area contributed by atoms with Gasteiger partial charge in [0.1, 0.15) is 8.07 Å². The number of hydrogen-bond donors (Lipinski definition) is 0. The summed E-state index contributed by atoms with van der Waals surface area (Å²) in [5.41, 5.74) is 5.72. The average molecular weight is 238 g/mol. The monoisotopic (exact) mass is 238 g/mol. The van der Waals surface area contributed by atoms with Crippen molar-refractivity contribution in [2.45, 2.75) is 26.9 Å². The summed E-state index contributed by atoms with van der Waals surface area (Å²) in [7, 11) is -1.44. The molecule has 2 aromatic rings. The lowest BCUT2D eigenvalue weighted by Crippen LogP contribution is -2.49. The summed E-state index contributed by atoms with van der Waals surface area (Å²) in [6.45, 7) is 9.32. The van der Waals surface area contributed by atoms with Crippen molar-refractivity contribution in [1.82, 2.24) is 0 Å². The lowest BCUT2D eigenvalue weighted by molar-refractivity contribution is 1.48. The molecule has 3 rings (SSSR count). The molecule has 0 nitrogen and oxygen atoms in total. The number of hydrogen-bond acceptors (Lipinski definition) is 0. The van der Waals surface area contributed by atoms with Crippen LogP contribution in [0.25, 0.3) is 11.1 Å². The molecule has 2 aromatic carbocycles. The Morgan fingerprint density at radius 3 is 1.53 bits per heavy atom. The largest absolute Gasteiger partial charge is 0.113 e. The van der Waals surface area contributed by atoms with Gasteiger partial charge in [0.15, 0.2) is 0 Å². The first-order valence-electron chi connectivity index (χ1n) is 6.23. The van der Waals surface area contributed by atoms with Crippen molar-refractivity contribution in [3.8, 4) is 11.1 Å². The molecule has 0 unspecified atom stereocenters. The Morgan fingerprint density at radius 1 is 0.706 bits per heavy atom. The van der Waals surface area contributed by atoms with Gasteiger partial charge in [0.2, 0.25) is 0 Å². The minimum absolute atomic E-state index is 1.38. The SMILES string of the molecule is Cc1ccc2c(c1)[Si](C)(C)c1cc(C)ccc1-2. The Bertz CT molecular complexity index is 555. The van der Waals surface area contributed by atoms with Gasteiger partial charge < -0.3 is 0 Å². The maximum Gasteiger partial charge on any atom is 0.113 e. The van der Waals surface area contributed by atoms with E-state index in [1.807, 2.05) is 0 Å². The van der Waals surface area contributed by atoms with Crippen LogP contribution < -0.4 is 10.4 Å². The first-order valence-corrected chi connectivity index (χ1v) is 9.23. The topological polar surface area (TPSA) is 0 Å². The smallest absolute Gasteiger partial charge is 0.0616 e. The lowest BCUT2D eigenvalue weighted by atomic mass is 10.0. The highest BCUT2D eigenvalue weighted by Crippen LogP contribution is 2.28. The van der Waals surface area contributed by atoms with E-state index in [9.17, 15) is 0 Å². The molecule has 1 aliphatic heterocycles. The first kappa shape index (κ1) is 10.8. The molecule has 0 spiro atoms. The number of rotatable bonds is 0. The van der Waals surface area contributed by atoms with Crippen LogP contribution in [0.5, 0.6) is 0 Å². The molecule has 86 valence electrons. The van der Waals surface area contributed by atoms with Gasteiger partial charge in [-0.05, 0) is 35.3 Å². The van der Waals surface area contributed by atoms with Crippen molar-refractivity contribution in [3.05, 3.63) is 47.5 Å². The second-order valence-corrected chi connectivity index (χ2v) is 10.1. The Morgan fingerprint density at radius 2 is 1.12 bits per heavy atom. The van der Waals surface area contributed by atoms with E-state index in [0.717, 1.165) is 0 Å². The van der Waals surface area contributed by atoms with Crippen molar-refractivity contribution < 1.29 is 0 Å². The molecule has 0 fully saturated rings. The average Bonchev–Trinajstić information content (AvgIpc) is 2.49. The fourth-order valence-electron chi connectivity index (χ4n) is 2.97. The zero-order valence-corrected chi connectivity index (χ0v) is 12.0. The molecule has 0 N–H and O–H groups in total. The second-order valence-electron chi connectivity index (χ2n) is 5.72. The van der Waals surface area contributed by atoms with E-state index in [2.05, 4.69) is 63.3 Å². The Balaban J connectivity index is 2.37. The predicted octanol–water partition coefficient (Wildman–Crippen LogP) is 3.11. The summed E-state index contributed by atoms with van der Waals surface area (Å²) >= 11 is 0. The molecule has 0 atom stereocenters. The van der Waals surface area contributed by atoms with Crippen LogP contribution in [-0.2, 0) is 0 Å². The number of benzene rings is 2. The zero-order valence-electron chi connectivity index (χ0n) is 11.0. The highest BCUT2D eigenvalue weighted by atomic mass is 28.3. The quantitative estimate of drug-likeness (QED) is 0.619. The molecule has 0 aromatic heterocycles. The van der Waals surface area contributed by atoms with E-state index in [1.165, 1.54) is 22.3 Å². The molecule has 0 radical (unpaired) electrons. The van der Waals surface area contributed by atoms with Crippen molar-refractivity contribution in [2.24, 2.45) is 0 Å². The van der Waals surface area contributed by atoms with Crippen LogP contribution in [0, 0.1) is 13.8 Å². The van der Waals surface area contributed by atoms with Gasteiger partial charge in [0.25, 0.3) is 0 Å². The first-order chi connectivity index (χ1) is 8.00. The normalized spacial score (nSPS) is 15.5. The second kappa shape index (κ2) is 3.33. The molecule has 0 bridgehead atoms. The third-order valence-electron chi connectivity index (χ3n) is 3.99. The van der Waals surface area contributed by atoms with Crippen LogP contribution in [0.1, 0.15) is 11.1 Å². The van der Waals surface area contributed by atoms with Crippen LogP contribution >= 0.6 is 0 Å². The van der Waals surface area contributed by atoms with E-state index in [-0.39, 0.29) is 0 Å². The highest BCUT2D eigenvalue weighted by molar-refractivity contribution is 7.03. The Hall–Kier alpha value is -1.34. The molecule has 1 heterocycles. The van der Waals surface area contributed by atoms with Gasteiger partial charge in [0.05, 0.1) is 0 Å². The molecule has 0 amide bonds. The fourth-order valence-corrected chi connectivity index (χ4v) is 6.22. The summed E-state index contributed by atoms with van der Waals surface area (Å²) in [5, 5.41) is 3.22. The summed E-state index contributed by atoms with van der Waals surface area (Å²) < 4.78 is 0. The van der Waals surface area contributed by atoms with Gasteiger partial charge in [0, 0.05) is 0 Å². The summed E-state index contributed by atoms with van der Waals surface area (Å²) in [6.07, 6.45) is 0. The van der Waals surface area contributed by atoms with Gasteiger partial charge in [-0.15, -0.1) is 0 Å². The van der Waals surface area contributed by atoms with Gasteiger partial charge >= 0.3 is 0 Å². The van der Waals surface area contributed by atoms with E-state index >= 15 is 0 Å². The third-order valence-corrected chi connectivity index (χ3v) is 7.51. The van der Waals surface area contributed by atoms with Crippen LogP contribution in [-0.4, -0.2) is 8.07 Å². The molecule has 17 heavy (non-hydrogen) atoms. The number of fused-ring (bicyclic) bond motifs is 3. The van der Waals surface area contributed by atoms with Crippen molar-refractivity contribution >= 4 is 18.4 Å². The van der Waals surface area contributed by atoms with Crippen LogP contribution in [0.15, 0.2) is 36.4 Å². The number of aryl methyl sites for hydroxylation is 2. The molecule has 0 saturated carbocycles. The zero-order chi connectivity index (χ0) is 12.2. The van der Waals surface area contributed by atoms with E-state index in [4.69, 9.17) is 0 Å². The maximum atomic E-state index is 2.47. The molecule has 0 saturated heterocycles. The van der Waals surface area contributed by atoms with Gasteiger partial charge in [-0.25, -0.2) is 0 Å². The van der Waals surface area contributed by atoms with Crippen LogP contribution in [0.4, 0.5) is 0 Å². The molecular formula is C16H18Si. The van der Waals surface area contributed by atoms with Crippen molar-refractivity contribution in [2.75, 3.05) is 0 Å². The van der Waals surface area contributed by atoms with Crippen molar-refractivity contribution in [1.29, 1.82) is 0 Å². The van der Waals surface area contributed by atoms with Crippen LogP contribution in [0.2, 0.25) is 13.1 Å². The molecule has 1 heteroatoms. The molecular weight excluding hydrogens is 220 g/mol. The van der Waals surface area contributed by atoms with E-state index in [0.29, 0.717) is 0 Å². The fraction of sp³-hybridized carbons (Fsp3) is 0.250. The molecule has 0 aliphatic carbocycles. The Kier molecular flexibility index (Phi) is 2.11.